The van der Waals surface area contributed by atoms with E-state index >= 15 is 0 Å². The zero-order chi connectivity index (χ0) is 12.4. The van der Waals surface area contributed by atoms with Crippen LogP contribution >= 0.6 is 0 Å². The highest BCUT2D eigenvalue weighted by atomic mass is 16.2. The van der Waals surface area contributed by atoms with Crippen molar-refractivity contribution in [2.75, 3.05) is 5.32 Å². The third-order valence-corrected chi connectivity index (χ3v) is 4.50. The topological polar surface area (TPSA) is 29.1 Å². The first-order valence-electron chi connectivity index (χ1n) is 7.24. The normalized spacial score (nSPS) is 23.8. The molecule has 1 atom stereocenters. The average molecular weight is 243 g/mol. The number of hydrogen-bond acceptors (Lipinski definition) is 1. The van der Waals surface area contributed by atoms with Gasteiger partial charge in [-0.05, 0) is 30.4 Å². The lowest BCUT2D eigenvalue weighted by atomic mass is 9.83. The molecular weight excluding hydrogens is 222 g/mol. The molecule has 1 aliphatic heterocycles. The Hall–Kier alpha value is -1.31. The number of fused-ring (bicyclic) bond motifs is 1. The molecular formula is C16H21NO. The number of carbonyl (C=O) groups is 1. The highest BCUT2D eigenvalue weighted by molar-refractivity contribution is 6.02. The molecule has 1 N–H and O–H groups in total. The minimum atomic E-state index is 0.100. The summed E-state index contributed by atoms with van der Waals surface area (Å²) in [4.78, 5) is 12.0. The lowest BCUT2D eigenvalue weighted by molar-refractivity contribution is -0.117. The molecule has 1 amide bonds. The summed E-state index contributed by atoms with van der Waals surface area (Å²) in [5.41, 5.74) is 2.23. The van der Waals surface area contributed by atoms with E-state index in [-0.39, 0.29) is 11.8 Å². The number of benzene rings is 1. The predicted octanol–water partition coefficient (Wildman–Crippen LogP) is 4.08. The van der Waals surface area contributed by atoms with Crippen LogP contribution in [0.25, 0.3) is 0 Å². The summed E-state index contributed by atoms with van der Waals surface area (Å²) in [5.74, 6) is 1.16. The smallest absolute Gasteiger partial charge is 0.232 e. The fourth-order valence-electron chi connectivity index (χ4n) is 3.44. The van der Waals surface area contributed by atoms with Crippen LogP contribution < -0.4 is 5.32 Å². The highest BCUT2D eigenvalue weighted by Gasteiger charge is 2.30. The summed E-state index contributed by atoms with van der Waals surface area (Å²) in [6.07, 6.45) is 9.16. The molecule has 18 heavy (non-hydrogen) atoms. The molecule has 2 nitrogen and oxygen atoms in total. The Morgan fingerprint density at radius 3 is 2.67 bits per heavy atom. The minimum Gasteiger partial charge on any atom is -0.325 e. The molecule has 3 rings (SSSR count). The Labute approximate surface area is 109 Å². The Balaban J connectivity index is 1.64. The second-order valence-corrected chi connectivity index (χ2v) is 5.71. The molecule has 1 fully saturated rings. The summed E-state index contributed by atoms with van der Waals surface area (Å²) in [6.45, 7) is 0. The summed E-state index contributed by atoms with van der Waals surface area (Å²) in [7, 11) is 0. The van der Waals surface area contributed by atoms with Crippen LogP contribution in [0.3, 0.4) is 0 Å². The van der Waals surface area contributed by atoms with E-state index in [4.69, 9.17) is 0 Å². The van der Waals surface area contributed by atoms with Gasteiger partial charge in [-0.25, -0.2) is 0 Å². The van der Waals surface area contributed by atoms with Gasteiger partial charge in [0.2, 0.25) is 5.91 Å². The average Bonchev–Trinajstić information content (AvgIpc) is 2.73. The second kappa shape index (κ2) is 5.13. The number of nitrogens with one attached hydrogen (secondary N) is 1. The van der Waals surface area contributed by atoms with Crippen molar-refractivity contribution in [2.24, 2.45) is 5.92 Å². The summed E-state index contributed by atoms with van der Waals surface area (Å²) >= 11 is 0. The number of amides is 1. The molecule has 0 bridgehead atoms. The van der Waals surface area contributed by atoms with Gasteiger partial charge in [0.15, 0.2) is 0 Å². The van der Waals surface area contributed by atoms with E-state index in [1.807, 2.05) is 18.2 Å². The highest BCUT2D eigenvalue weighted by Crippen LogP contribution is 2.37. The van der Waals surface area contributed by atoms with Gasteiger partial charge in [-0.1, -0.05) is 50.3 Å². The van der Waals surface area contributed by atoms with Crippen molar-refractivity contribution in [1.82, 2.24) is 0 Å². The van der Waals surface area contributed by atoms with Crippen LogP contribution in [-0.4, -0.2) is 5.91 Å². The SMILES string of the molecule is O=C1Nc2ccccc2C1CCC1CCCCC1. The summed E-state index contributed by atoms with van der Waals surface area (Å²) in [6, 6.07) is 8.13. The van der Waals surface area contributed by atoms with E-state index < -0.39 is 0 Å². The van der Waals surface area contributed by atoms with Gasteiger partial charge in [-0.3, -0.25) is 4.79 Å². The Bertz CT molecular complexity index is 434. The van der Waals surface area contributed by atoms with Gasteiger partial charge in [-0.15, -0.1) is 0 Å². The van der Waals surface area contributed by atoms with Crippen LogP contribution in [0.2, 0.25) is 0 Å². The van der Waals surface area contributed by atoms with E-state index in [1.54, 1.807) is 0 Å². The third kappa shape index (κ3) is 2.29. The minimum absolute atomic E-state index is 0.100. The molecule has 1 heterocycles. The van der Waals surface area contributed by atoms with Gasteiger partial charge in [0.05, 0.1) is 5.92 Å². The van der Waals surface area contributed by atoms with Crippen molar-refractivity contribution in [3.8, 4) is 0 Å². The van der Waals surface area contributed by atoms with Crippen LogP contribution in [-0.2, 0) is 4.79 Å². The Kier molecular flexibility index (Phi) is 3.35. The maximum atomic E-state index is 12.0. The van der Waals surface area contributed by atoms with Crippen molar-refractivity contribution in [2.45, 2.75) is 50.9 Å². The molecule has 2 aliphatic rings. The molecule has 0 spiro atoms. The van der Waals surface area contributed by atoms with Crippen LogP contribution in [0, 0.1) is 5.92 Å². The predicted molar refractivity (Wildman–Crippen MR) is 73.6 cm³/mol. The lowest BCUT2D eigenvalue weighted by Crippen LogP contribution is -2.14. The lowest BCUT2D eigenvalue weighted by Gasteiger charge is -2.22. The van der Waals surface area contributed by atoms with E-state index in [9.17, 15) is 4.79 Å². The van der Waals surface area contributed by atoms with E-state index in [0.717, 1.165) is 18.0 Å². The molecule has 1 aromatic rings. The molecule has 2 heteroatoms. The summed E-state index contributed by atoms with van der Waals surface area (Å²) in [5, 5.41) is 3.00. The van der Waals surface area contributed by atoms with Crippen LogP contribution in [0.15, 0.2) is 24.3 Å². The number of rotatable bonds is 3. The van der Waals surface area contributed by atoms with Crippen LogP contribution in [0.5, 0.6) is 0 Å². The molecule has 1 saturated carbocycles. The first-order valence-corrected chi connectivity index (χ1v) is 7.24. The zero-order valence-electron chi connectivity index (χ0n) is 10.8. The van der Waals surface area contributed by atoms with Crippen LogP contribution in [0.4, 0.5) is 5.69 Å². The monoisotopic (exact) mass is 243 g/mol. The maximum absolute atomic E-state index is 12.0. The molecule has 1 aromatic carbocycles. The van der Waals surface area contributed by atoms with Crippen LogP contribution in [0.1, 0.15) is 56.4 Å². The van der Waals surface area contributed by atoms with Gasteiger partial charge in [0, 0.05) is 5.69 Å². The number of anilines is 1. The third-order valence-electron chi connectivity index (χ3n) is 4.50. The fraction of sp³-hybridized carbons (Fsp3) is 0.562. The van der Waals surface area contributed by atoms with Gasteiger partial charge in [-0.2, -0.15) is 0 Å². The first kappa shape index (κ1) is 11.8. The van der Waals surface area contributed by atoms with Crippen molar-refractivity contribution >= 4 is 11.6 Å². The molecule has 1 unspecified atom stereocenters. The van der Waals surface area contributed by atoms with Gasteiger partial charge < -0.3 is 5.32 Å². The number of hydrogen-bond donors (Lipinski definition) is 1. The number of carbonyl (C=O) groups excluding carboxylic acids is 1. The van der Waals surface area contributed by atoms with E-state index in [0.29, 0.717) is 0 Å². The van der Waals surface area contributed by atoms with Crippen molar-refractivity contribution in [1.29, 1.82) is 0 Å². The first-order chi connectivity index (χ1) is 8.84. The fourth-order valence-corrected chi connectivity index (χ4v) is 3.44. The van der Waals surface area contributed by atoms with Gasteiger partial charge in [0.1, 0.15) is 0 Å². The maximum Gasteiger partial charge on any atom is 0.232 e. The largest absolute Gasteiger partial charge is 0.325 e. The molecule has 0 aromatic heterocycles. The van der Waals surface area contributed by atoms with Gasteiger partial charge >= 0.3 is 0 Å². The van der Waals surface area contributed by atoms with Gasteiger partial charge in [0.25, 0.3) is 0 Å². The standard InChI is InChI=1S/C16H21NO/c18-16-14(11-10-12-6-2-1-3-7-12)13-8-4-5-9-15(13)17-16/h4-5,8-9,12,14H,1-3,6-7,10-11H2,(H,17,18). The van der Waals surface area contributed by atoms with E-state index in [2.05, 4.69) is 11.4 Å². The Morgan fingerprint density at radius 2 is 1.83 bits per heavy atom. The van der Waals surface area contributed by atoms with Crippen molar-refractivity contribution < 1.29 is 4.79 Å². The molecule has 0 radical (unpaired) electrons. The molecule has 0 saturated heterocycles. The molecule has 96 valence electrons. The van der Waals surface area contributed by atoms with E-state index in [1.165, 1.54) is 44.1 Å². The quantitative estimate of drug-likeness (QED) is 0.851. The number of para-hydroxylation sites is 1. The molecule has 1 aliphatic carbocycles. The van der Waals surface area contributed by atoms with Crippen molar-refractivity contribution in [3.63, 3.8) is 0 Å². The Morgan fingerprint density at radius 1 is 1.06 bits per heavy atom. The van der Waals surface area contributed by atoms with Crippen molar-refractivity contribution in [3.05, 3.63) is 29.8 Å². The summed E-state index contributed by atoms with van der Waals surface area (Å²) < 4.78 is 0. The second-order valence-electron chi connectivity index (χ2n) is 5.71. The zero-order valence-corrected chi connectivity index (χ0v) is 10.8.